The van der Waals surface area contributed by atoms with Crippen LogP contribution in [0.2, 0.25) is 0 Å². The van der Waals surface area contributed by atoms with E-state index < -0.39 is 0 Å². The number of H-pyrrole nitrogens is 1. The monoisotopic (exact) mass is 289 g/mol. The van der Waals surface area contributed by atoms with E-state index in [-0.39, 0.29) is 11.8 Å². The summed E-state index contributed by atoms with van der Waals surface area (Å²) in [4.78, 5) is 15.4. The molecule has 0 saturated carbocycles. The first-order chi connectivity index (χ1) is 9.76. The number of halogens is 1. The summed E-state index contributed by atoms with van der Waals surface area (Å²) < 4.78 is 5.70. The molecule has 0 aliphatic rings. The molecule has 1 aromatic carbocycles. The van der Waals surface area contributed by atoms with E-state index in [4.69, 9.17) is 22.1 Å². The van der Waals surface area contributed by atoms with Crippen molar-refractivity contribution >= 4 is 28.7 Å². The number of nitrogens with two attached hydrogens (primary N) is 1. The quantitative estimate of drug-likeness (QED) is 0.719. The van der Waals surface area contributed by atoms with E-state index in [0.717, 1.165) is 5.56 Å². The number of fused-ring (bicyclic) bond motifs is 1. The lowest BCUT2D eigenvalue weighted by molar-refractivity contribution is 0.297. The van der Waals surface area contributed by atoms with Crippen molar-refractivity contribution in [2.45, 2.75) is 12.5 Å². The van der Waals surface area contributed by atoms with Crippen LogP contribution < -0.4 is 10.5 Å². The number of anilines is 1. The second kappa shape index (κ2) is 5.34. The molecule has 7 heteroatoms. The van der Waals surface area contributed by atoms with Gasteiger partial charge in [-0.25, -0.2) is 4.98 Å². The highest BCUT2D eigenvalue weighted by Crippen LogP contribution is 2.22. The van der Waals surface area contributed by atoms with Gasteiger partial charge in [-0.3, -0.25) is 0 Å². The van der Waals surface area contributed by atoms with Crippen LogP contribution in [0.15, 0.2) is 30.3 Å². The summed E-state index contributed by atoms with van der Waals surface area (Å²) in [5, 5.41) is 0. The summed E-state index contributed by atoms with van der Waals surface area (Å²) in [7, 11) is 0. The van der Waals surface area contributed by atoms with Gasteiger partial charge >= 0.3 is 0 Å². The molecule has 3 rings (SSSR count). The smallest absolute Gasteiger partial charge is 0.245 e. The summed E-state index contributed by atoms with van der Waals surface area (Å²) >= 11 is 5.75. The average Bonchev–Trinajstić information content (AvgIpc) is 2.88. The fraction of sp³-hybridized carbons (Fsp3) is 0.154. The molecule has 0 radical (unpaired) electrons. The molecule has 0 aliphatic carbocycles. The third-order valence-corrected chi connectivity index (χ3v) is 2.98. The molecule has 0 amide bonds. The molecule has 102 valence electrons. The Morgan fingerprint density at radius 1 is 1.15 bits per heavy atom. The Bertz CT molecular complexity index is 728. The highest BCUT2D eigenvalue weighted by molar-refractivity contribution is 6.16. The Labute approximate surface area is 120 Å². The summed E-state index contributed by atoms with van der Waals surface area (Å²) in [6.07, 6.45) is 0. The Morgan fingerprint density at radius 3 is 2.70 bits per heavy atom. The van der Waals surface area contributed by atoms with Gasteiger partial charge in [-0.2, -0.15) is 9.97 Å². The van der Waals surface area contributed by atoms with Crippen LogP contribution in [0.3, 0.4) is 0 Å². The van der Waals surface area contributed by atoms with Gasteiger partial charge in [0.05, 0.1) is 5.88 Å². The lowest BCUT2D eigenvalue weighted by Gasteiger charge is -2.06. The Morgan fingerprint density at radius 2 is 1.95 bits per heavy atom. The fourth-order valence-electron chi connectivity index (χ4n) is 1.83. The molecule has 2 heterocycles. The van der Waals surface area contributed by atoms with Crippen LogP contribution in [-0.4, -0.2) is 19.9 Å². The van der Waals surface area contributed by atoms with E-state index in [1.165, 1.54) is 0 Å². The van der Waals surface area contributed by atoms with Crippen molar-refractivity contribution in [3.8, 4) is 5.88 Å². The van der Waals surface area contributed by atoms with E-state index >= 15 is 0 Å². The zero-order chi connectivity index (χ0) is 13.9. The summed E-state index contributed by atoms with van der Waals surface area (Å²) in [6.45, 7) is 0.390. The van der Waals surface area contributed by atoms with Crippen LogP contribution in [0.5, 0.6) is 5.88 Å². The first-order valence-electron chi connectivity index (χ1n) is 6.01. The molecule has 0 spiro atoms. The Kier molecular flexibility index (Phi) is 3.39. The summed E-state index contributed by atoms with van der Waals surface area (Å²) in [5.74, 6) is 1.36. The minimum atomic E-state index is 0.119. The van der Waals surface area contributed by atoms with Crippen molar-refractivity contribution in [1.29, 1.82) is 0 Å². The van der Waals surface area contributed by atoms with Gasteiger partial charge < -0.3 is 15.5 Å². The highest BCUT2D eigenvalue weighted by atomic mass is 35.5. The van der Waals surface area contributed by atoms with Crippen LogP contribution in [0.4, 0.5) is 5.95 Å². The number of hydrogen-bond acceptors (Lipinski definition) is 5. The van der Waals surface area contributed by atoms with E-state index in [2.05, 4.69) is 19.9 Å². The van der Waals surface area contributed by atoms with Crippen molar-refractivity contribution in [3.63, 3.8) is 0 Å². The molecular formula is C13H12ClN5O. The van der Waals surface area contributed by atoms with Crippen LogP contribution in [-0.2, 0) is 12.5 Å². The minimum absolute atomic E-state index is 0.119. The molecule has 2 aromatic heterocycles. The van der Waals surface area contributed by atoms with Crippen molar-refractivity contribution in [2.75, 3.05) is 5.73 Å². The molecule has 0 aliphatic heterocycles. The van der Waals surface area contributed by atoms with Gasteiger partial charge in [0.25, 0.3) is 0 Å². The lowest BCUT2D eigenvalue weighted by Crippen LogP contribution is -2.02. The molecule has 0 fully saturated rings. The van der Waals surface area contributed by atoms with Crippen LogP contribution in [0, 0.1) is 0 Å². The number of aromatic amines is 1. The maximum absolute atomic E-state index is 5.75. The second-order valence-electron chi connectivity index (χ2n) is 4.18. The second-order valence-corrected chi connectivity index (χ2v) is 4.44. The zero-order valence-electron chi connectivity index (χ0n) is 10.5. The number of nitrogens with one attached hydrogen (secondary N) is 1. The van der Waals surface area contributed by atoms with Crippen LogP contribution in [0.25, 0.3) is 11.2 Å². The largest absolute Gasteiger partial charge is 0.471 e. The molecule has 20 heavy (non-hydrogen) atoms. The number of alkyl halides is 1. The van der Waals surface area contributed by atoms with E-state index in [0.29, 0.717) is 29.5 Å². The number of imidazole rings is 1. The standard InChI is InChI=1S/C13H12ClN5O/c14-6-9-16-10-11(17-9)18-13(15)19-12(10)20-7-8-4-2-1-3-5-8/h1-5H,6-7H2,(H3,15,16,17,18,19). The Hall–Kier alpha value is -2.34. The first kappa shape index (κ1) is 12.7. The lowest BCUT2D eigenvalue weighted by atomic mass is 10.2. The third-order valence-electron chi connectivity index (χ3n) is 2.73. The third kappa shape index (κ3) is 2.50. The molecule has 3 N–H and O–H groups in total. The average molecular weight is 290 g/mol. The van der Waals surface area contributed by atoms with Crippen molar-refractivity contribution < 1.29 is 4.74 Å². The van der Waals surface area contributed by atoms with Gasteiger partial charge in [0, 0.05) is 0 Å². The molecule has 0 bridgehead atoms. The van der Waals surface area contributed by atoms with E-state index in [9.17, 15) is 0 Å². The number of nitrogens with zero attached hydrogens (tertiary/aromatic N) is 3. The zero-order valence-corrected chi connectivity index (χ0v) is 11.3. The SMILES string of the molecule is Nc1nc(OCc2ccccc2)c2[nH]c(CCl)nc2n1. The summed E-state index contributed by atoms with van der Waals surface area (Å²) in [5.41, 5.74) is 7.75. The number of aromatic nitrogens is 4. The number of ether oxygens (including phenoxy) is 1. The van der Waals surface area contributed by atoms with Gasteiger partial charge in [-0.15, -0.1) is 11.6 Å². The van der Waals surface area contributed by atoms with Gasteiger partial charge in [-0.1, -0.05) is 30.3 Å². The highest BCUT2D eigenvalue weighted by Gasteiger charge is 2.12. The minimum Gasteiger partial charge on any atom is -0.471 e. The fourth-order valence-corrected chi connectivity index (χ4v) is 1.96. The normalized spacial score (nSPS) is 10.8. The molecule has 6 nitrogen and oxygen atoms in total. The molecule has 0 saturated heterocycles. The number of rotatable bonds is 4. The van der Waals surface area contributed by atoms with Gasteiger partial charge in [0.2, 0.25) is 11.8 Å². The molecule has 3 aromatic rings. The van der Waals surface area contributed by atoms with E-state index in [1.807, 2.05) is 30.3 Å². The van der Waals surface area contributed by atoms with Crippen molar-refractivity contribution in [2.24, 2.45) is 0 Å². The number of hydrogen-bond donors (Lipinski definition) is 2. The molecule has 0 unspecified atom stereocenters. The molecule has 0 atom stereocenters. The first-order valence-corrected chi connectivity index (χ1v) is 6.54. The van der Waals surface area contributed by atoms with Gasteiger partial charge in [0.1, 0.15) is 17.9 Å². The number of benzene rings is 1. The topological polar surface area (TPSA) is 89.7 Å². The summed E-state index contributed by atoms with van der Waals surface area (Å²) in [6, 6.07) is 9.79. The van der Waals surface area contributed by atoms with Crippen molar-refractivity contribution in [3.05, 3.63) is 41.7 Å². The van der Waals surface area contributed by atoms with E-state index in [1.54, 1.807) is 0 Å². The maximum Gasteiger partial charge on any atom is 0.245 e. The molecular weight excluding hydrogens is 278 g/mol. The van der Waals surface area contributed by atoms with Crippen molar-refractivity contribution in [1.82, 2.24) is 19.9 Å². The number of nitrogen functional groups attached to an aromatic ring is 1. The van der Waals surface area contributed by atoms with Crippen LogP contribution >= 0.6 is 11.6 Å². The van der Waals surface area contributed by atoms with Crippen LogP contribution in [0.1, 0.15) is 11.4 Å². The van der Waals surface area contributed by atoms with Gasteiger partial charge in [0.15, 0.2) is 5.65 Å². The predicted octanol–water partition coefficient (Wildman–Crippen LogP) is 2.25. The predicted molar refractivity (Wildman–Crippen MR) is 76.4 cm³/mol. The Balaban J connectivity index is 1.92. The van der Waals surface area contributed by atoms with Gasteiger partial charge in [-0.05, 0) is 5.56 Å². The maximum atomic E-state index is 5.75.